The van der Waals surface area contributed by atoms with Crippen LogP contribution in [0.2, 0.25) is 0 Å². The van der Waals surface area contributed by atoms with Crippen molar-refractivity contribution in [2.75, 3.05) is 11.5 Å². The molecule has 0 aliphatic heterocycles. The minimum Gasteiger partial charge on any atom is -0.399 e. The van der Waals surface area contributed by atoms with Crippen LogP contribution in [0.25, 0.3) is 43.6 Å². The number of para-hydroxylation sites is 2. The summed E-state index contributed by atoms with van der Waals surface area (Å²) >= 11 is 0. The molecule has 0 saturated heterocycles. The molecule has 6 N–H and O–H groups in total. The molecule has 0 amide bonds. The van der Waals surface area contributed by atoms with Crippen molar-refractivity contribution in [1.29, 1.82) is 0 Å². The quantitative estimate of drug-likeness (QED) is 0.257. The summed E-state index contributed by atoms with van der Waals surface area (Å²) in [5.41, 5.74) is 17.7. The first-order valence-electron chi connectivity index (χ1n) is 9.21. The Kier molecular flexibility index (Phi) is 3.69. The number of hydrogen-bond acceptors (Lipinski definition) is 2. The molecular formula is C24H20N4. The van der Waals surface area contributed by atoms with Gasteiger partial charge in [-0.2, -0.15) is 0 Å². The van der Waals surface area contributed by atoms with E-state index < -0.39 is 0 Å². The van der Waals surface area contributed by atoms with E-state index in [4.69, 9.17) is 11.5 Å². The monoisotopic (exact) mass is 364 g/mol. The largest absolute Gasteiger partial charge is 0.399 e. The number of aromatic amines is 2. The van der Waals surface area contributed by atoms with Gasteiger partial charge in [-0.1, -0.05) is 36.4 Å². The van der Waals surface area contributed by atoms with E-state index in [0.717, 1.165) is 33.2 Å². The maximum atomic E-state index is 5.77. The van der Waals surface area contributed by atoms with Crippen molar-refractivity contribution in [3.05, 3.63) is 84.9 Å². The molecule has 0 saturated carbocycles. The maximum absolute atomic E-state index is 5.77. The van der Waals surface area contributed by atoms with Crippen LogP contribution >= 0.6 is 0 Å². The third-order valence-electron chi connectivity index (χ3n) is 5.06. The van der Waals surface area contributed by atoms with Gasteiger partial charge in [-0.05, 0) is 48.5 Å². The van der Waals surface area contributed by atoms with E-state index in [0.29, 0.717) is 0 Å². The number of hydrogen-bond donors (Lipinski definition) is 4. The number of fused-ring (bicyclic) bond motifs is 6. The zero-order chi connectivity index (χ0) is 19.1. The maximum Gasteiger partial charge on any atom is 0.0466 e. The van der Waals surface area contributed by atoms with Gasteiger partial charge >= 0.3 is 0 Å². The smallest absolute Gasteiger partial charge is 0.0466 e. The van der Waals surface area contributed by atoms with Gasteiger partial charge < -0.3 is 21.4 Å². The average molecular weight is 364 g/mol. The molecule has 6 aromatic rings. The third kappa shape index (κ3) is 2.72. The van der Waals surface area contributed by atoms with E-state index in [2.05, 4.69) is 58.5 Å². The van der Waals surface area contributed by atoms with Crippen LogP contribution < -0.4 is 11.5 Å². The molecule has 0 spiro atoms. The Bertz CT molecular complexity index is 1330. The Morgan fingerprint density at radius 2 is 0.821 bits per heavy atom. The second-order valence-electron chi connectivity index (χ2n) is 6.95. The van der Waals surface area contributed by atoms with Crippen molar-refractivity contribution in [3.8, 4) is 0 Å². The summed E-state index contributed by atoms with van der Waals surface area (Å²) in [7, 11) is 0. The number of nitrogen functional groups attached to an aromatic ring is 2. The van der Waals surface area contributed by atoms with Crippen LogP contribution in [0.4, 0.5) is 11.4 Å². The molecule has 4 aromatic carbocycles. The number of anilines is 2. The zero-order valence-corrected chi connectivity index (χ0v) is 15.2. The molecule has 2 aromatic heterocycles. The second kappa shape index (κ2) is 6.35. The first kappa shape index (κ1) is 16.3. The Morgan fingerprint density at radius 1 is 0.429 bits per heavy atom. The Hall–Kier alpha value is -3.92. The fraction of sp³-hybridized carbons (Fsp3) is 0. The van der Waals surface area contributed by atoms with Crippen molar-refractivity contribution in [2.24, 2.45) is 0 Å². The number of aromatic nitrogens is 2. The van der Waals surface area contributed by atoms with Gasteiger partial charge in [0.15, 0.2) is 0 Å². The molecule has 0 aliphatic carbocycles. The van der Waals surface area contributed by atoms with Crippen LogP contribution in [0.3, 0.4) is 0 Å². The summed E-state index contributed by atoms with van der Waals surface area (Å²) in [5, 5.41) is 4.85. The first-order valence-corrected chi connectivity index (χ1v) is 9.21. The van der Waals surface area contributed by atoms with E-state index >= 15 is 0 Å². The lowest BCUT2D eigenvalue weighted by molar-refractivity contribution is 1.54. The van der Waals surface area contributed by atoms with Gasteiger partial charge in [0.2, 0.25) is 0 Å². The number of nitrogens with two attached hydrogens (primary N) is 2. The summed E-state index contributed by atoms with van der Waals surface area (Å²) < 4.78 is 0. The fourth-order valence-electron chi connectivity index (χ4n) is 3.73. The highest BCUT2D eigenvalue weighted by atomic mass is 14.7. The molecule has 0 bridgehead atoms. The number of nitrogens with one attached hydrogen (secondary N) is 2. The van der Waals surface area contributed by atoms with Gasteiger partial charge in [-0.15, -0.1) is 0 Å². The lowest BCUT2D eigenvalue weighted by Crippen LogP contribution is -1.83. The van der Waals surface area contributed by atoms with Crippen molar-refractivity contribution in [3.63, 3.8) is 0 Å². The number of rotatable bonds is 0. The van der Waals surface area contributed by atoms with Gasteiger partial charge in [-0.25, -0.2) is 0 Å². The molecule has 6 rings (SSSR count). The van der Waals surface area contributed by atoms with Crippen LogP contribution in [-0.2, 0) is 0 Å². The van der Waals surface area contributed by atoms with E-state index in [1.807, 2.05) is 36.4 Å². The lowest BCUT2D eigenvalue weighted by Gasteiger charge is -1.95. The lowest BCUT2D eigenvalue weighted by atomic mass is 10.1. The SMILES string of the molecule is Nc1ccc2[nH]c3ccc(N)cc3c2c1.c1ccc2c(c1)[nH]c1ccccc12. The van der Waals surface area contributed by atoms with E-state index in [1.54, 1.807) is 0 Å². The molecule has 0 unspecified atom stereocenters. The fourth-order valence-corrected chi connectivity index (χ4v) is 3.73. The van der Waals surface area contributed by atoms with Crippen LogP contribution in [0.15, 0.2) is 84.9 Å². The van der Waals surface area contributed by atoms with Crippen LogP contribution in [0.5, 0.6) is 0 Å². The molecule has 0 aliphatic rings. The number of benzene rings is 4. The first-order chi connectivity index (χ1) is 13.7. The highest BCUT2D eigenvalue weighted by Gasteiger charge is 2.04. The molecule has 136 valence electrons. The van der Waals surface area contributed by atoms with Crippen LogP contribution in [-0.4, -0.2) is 9.97 Å². The Balaban J connectivity index is 0.000000123. The van der Waals surface area contributed by atoms with Crippen LogP contribution in [0.1, 0.15) is 0 Å². The standard InChI is InChI=1S/C12H11N3.C12H9N/c13-7-1-3-11-9(5-7)10-6-8(14)2-4-12(10)15-11;1-3-7-11-9(5-1)10-6-2-4-8-12(10)13-11/h1-6,15H,13-14H2;1-8,13H. The highest BCUT2D eigenvalue weighted by molar-refractivity contribution is 6.09. The summed E-state index contributed by atoms with van der Waals surface area (Å²) in [4.78, 5) is 6.70. The highest BCUT2D eigenvalue weighted by Crippen LogP contribution is 2.28. The van der Waals surface area contributed by atoms with Gasteiger partial charge in [0, 0.05) is 55.0 Å². The van der Waals surface area contributed by atoms with Crippen molar-refractivity contribution < 1.29 is 0 Å². The Labute approximate surface area is 161 Å². The van der Waals surface area contributed by atoms with E-state index in [9.17, 15) is 0 Å². The minimum absolute atomic E-state index is 0.769. The van der Waals surface area contributed by atoms with Crippen molar-refractivity contribution in [2.45, 2.75) is 0 Å². The van der Waals surface area contributed by atoms with Crippen LogP contribution in [0, 0.1) is 0 Å². The van der Waals surface area contributed by atoms with E-state index in [1.165, 1.54) is 21.8 Å². The van der Waals surface area contributed by atoms with Gasteiger partial charge in [0.1, 0.15) is 0 Å². The van der Waals surface area contributed by atoms with E-state index in [-0.39, 0.29) is 0 Å². The molecule has 4 nitrogen and oxygen atoms in total. The molecular weight excluding hydrogens is 344 g/mol. The van der Waals surface area contributed by atoms with Gasteiger partial charge in [0.25, 0.3) is 0 Å². The van der Waals surface area contributed by atoms with Gasteiger partial charge in [-0.3, -0.25) is 0 Å². The molecule has 0 atom stereocenters. The zero-order valence-electron chi connectivity index (χ0n) is 15.2. The molecule has 4 heteroatoms. The predicted molar refractivity (Wildman–Crippen MR) is 120 cm³/mol. The summed E-state index contributed by atoms with van der Waals surface area (Å²) in [6.45, 7) is 0. The normalized spacial score (nSPS) is 11.1. The van der Waals surface area contributed by atoms with Crippen molar-refractivity contribution in [1.82, 2.24) is 9.97 Å². The van der Waals surface area contributed by atoms with Crippen molar-refractivity contribution >= 4 is 55.0 Å². The molecule has 2 heterocycles. The summed E-state index contributed by atoms with van der Waals surface area (Å²) in [5.74, 6) is 0. The average Bonchev–Trinajstić information content (AvgIpc) is 3.26. The predicted octanol–water partition coefficient (Wildman–Crippen LogP) is 5.81. The molecule has 0 fully saturated rings. The topological polar surface area (TPSA) is 83.6 Å². The summed E-state index contributed by atoms with van der Waals surface area (Å²) in [6.07, 6.45) is 0. The summed E-state index contributed by atoms with van der Waals surface area (Å²) in [6, 6.07) is 28.4. The molecule has 28 heavy (non-hydrogen) atoms. The Morgan fingerprint density at radius 3 is 1.29 bits per heavy atom. The third-order valence-corrected chi connectivity index (χ3v) is 5.06. The minimum atomic E-state index is 0.769. The number of H-pyrrole nitrogens is 2. The molecule has 0 radical (unpaired) electrons. The second-order valence-corrected chi connectivity index (χ2v) is 6.95. The van der Waals surface area contributed by atoms with Gasteiger partial charge in [0.05, 0.1) is 0 Å².